The van der Waals surface area contributed by atoms with Crippen molar-refractivity contribution in [1.29, 1.82) is 0 Å². The van der Waals surface area contributed by atoms with Gasteiger partial charge in [-0.3, -0.25) is 0 Å². The van der Waals surface area contributed by atoms with E-state index in [9.17, 15) is 0 Å². The molecule has 0 radical (unpaired) electrons. The summed E-state index contributed by atoms with van der Waals surface area (Å²) in [6, 6.07) is 2.19. The maximum absolute atomic E-state index is 6.35. The second kappa shape index (κ2) is 5.18. The Balaban J connectivity index is 1.64. The Morgan fingerprint density at radius 1 is 1.40 bits per heavy atom. The monoisotopic (exact) mass is 471 g/mol. The Kier molecular flexibility index (Phi) is 3.41. The van der Waals surface area contributed by atoms with Crippen LogP contribution in [0.1, 0.15) is 33.2 Å². The van der Waals surface area contributed by atoms with E-state index in [1.54, 1.807) is 0 Å². The van der Waals surface area contributed by atoms with Crippen molar-refractivity contribution < 1.29 is 9.47 Å². The van der Waals surface area contributed by atoms with Crippen LogP contribution in [0.4, 0.5) is 0 Å². The zero-order valence-electron chi connectivity index (χ0n) is 14.2. The van der Waals surface area contributed by atoms with E-state index in [2.05, 4.69) is 56.3 Å². The van der Waals surface area contributed by atoms with E-state index in [0.717, 1.165) is 17.5 Å². The number of aromatic nitrogens is 3. The van der Waals surface area contributed by atoms with Crippen molar-refractivity contribution in [3.05, 3.63) is 33.4 Å². The zero-order chi connectivity index (χ0) is 17.6. The van der Waals surface area contributed by atoms with Crippen LogP contribution in [-0.4, -0.2) is 32.5 Å². The molecule has 2 aromatic rings. The molecule has 7 heteroatoms. The fourth-order valence-electron chi connectivity index (χ4n) is 4.92. The van der Waals surface area contributed by atoms with Crippen LogP contribution in [-0.2, 0) is 9.47 Å². The van der Waals surface area contributed by atoms with Crippen molar-refractivity contribution in [3.8, 4) is 0 Å². The first-order valence-corrected chi connectivity index (χ1v) is 9.96. The Labute approximate surface area is 164 Å². The SMILES string of the molecule is C/C(I)=C\[C@]12C[C@@H]1[C@@H](n1ccc3c(Cl)ncnc31)[C@@H]1OC(C)(C)O[C@@H]12. The van der Waals surface area contributed by atoms with Crippen molar-refractivity contribution in [2.75, 3.05) is 0 Å². The zero-order valence-corrected chi connectivity index (χ0v) is 17.2. The van der Waals surface area contributed by atoms with Gasteiger partial charge >= 0.3 is 0 Å². The Morgan fingerprint density at radius 2 is 2.20 bits per heavy atom. The van der Waals surface area contributed by atoms with Gasteiger partial charge in [0.05, 0.1) is 17.5 Å². The molecule has 3 heterocycles. The average Bonchev–Trinajstić information content (AvgIpc) is 2.82. The summed E-state index contributed by atoms with van der Waals surface area (Å²) in [7, 11) is 0. The van der Waals surface area contributed by atoms with Gasteiger partial charge in [0, 0.05) is 11.6 Å². The van der Waals surface area contributed by atoms with Gasteiger partial charge in [-0.05, 0) is 65.3 Å². The highest BCUT2D eigenvalue weighted by molar-refractivity contribution is 14.1. The Hall–Kier alpha value is -0.700. The largest absolute Gasteiger partial charge is 0.344 e. The van der Waals surface area contributed by atoms with E-state index in [4.69, 9.17) is 21.1 Å². The molecular weight excluding hydrogens is 453 g/mol. The van der Waals surface area contributed by atoms with Crippen molar-refractivity contribution in [2.45, 2.75) is 51.2 Å². The lowest BCUT2D eigenvalue weighted by Crippen LogP contribution is -2.31. The van der Waals surface area contributed by atoms with E-state index in [-0.39, 0.29) is 23.7 Å². The molecule has 2 aromatic heterocycles. The van der Waals surface area contributed by atoms with E-state index in [1.165, 1.54) is 9.91 Å². The standard InChI is InChI=1S/C18H19ClIN3O2/c1-9(20)6-18-7-11(18)12(13-14(18)25-17(2,3)24-13)23-5-4-10-15(19)21-8-22-16(10)23/h4-6,8,11-14H,7H2,1-3H3/b9-6+/t11-,12-,13+,14+,18+/m1/s1. The first-order chi connectivity index (χ1) is 11.8. The average molecular weight is 472 g/mol. The van der Waals surface area contributed by atoms with Gasteiger partial charge in [0.2, 0.25) is 0 Å². The number of hydrogen-bond donors (Lipinski definition) is 0. The molecule has 1 aliphatic heterocycles. The molecule has 25 heavy (non-hydrogen) atoms. The molecule has 2 saturated carbocycles. The van der Waals surface area contributed by atoms with E-state index in [0.29, 0.717) is 11.1 Å². The van der Waals surface area contributed by atoms with Gasteiger partial charge in [0.1, 0.15) is 23.2 Å². The second-order valence-electron chi connectivity index (χ2n) is 7.79. The van der Waals surface area contributed by atoms with Gasteiger partial charge in [0.25, 0.3) is 0 Å². The topological polar surface area (TPSA) is 49.2 Å². The van der Waals surface area contributed by atoms with Crippen LogP contribution in [0.2, 0.25) is 5.15 Å². The molecule has 0 amide bonds. The summed E-state index contributed by atoms with van der Waals surface area (Å²) in [4.78, 5) is 8.58. The summed E-state index contributed by atoms with van der Waals surface area (Å²) >= 11 is 8.64. The summed E-state index contributed by atoms with van der Waals surface area (Å²) in [5.41, 5.74) is 0.942. The Morgan fingerprint density at radius 3 is 2.96 bits per heavy atom. The van der Waals surface area contributed by atoms with Crippen LogP contribution in [0.15, 0.2) is 28.2 Å². The number of rotatable bonds is 2. The summed E-state index contributed by atoms with van der Waals surface area (Å²) in [5.74, 6) is -0.0656. The summed E-state index contributed by atoms with van der Waals surface area (Å²) in [6.45, 7) is 6.15. The highest BCUT2D eigenvalue weighted by atomic mass is 127. The van der Waals surface area contributed by atoms with Gasteiger partial charge in [-0.1, -0.05) is 17.7 Å². The number of nitrogens with zero attached hydrogens (tertiary/aromatic N) is 3. The molecule has 0 N–H and O–H groups in total. The van der Waals surface area contributed by atoms with Crippen LogP contribution in [0.3, 0.4) is 0 Å². The van der Waals surface area contributed by atoms with Crippen LogP contribution < -0.4 is 0 Å². The number of ether oxygens (including phenoxy) is 2. The van der Waals surface area contributed by atoms with Crippen molar-refractivity contribution in [2.24, 2.45) is 11.3 Å². The first-order valence-electron chi connectivity index (χ1n) is 8.50. The molecule has 2 aliphatic carbocycles. The maximum Gasteiger partial charge on any atom is 0.163 e. The lowest BCUT2D eigenvalue weighted by atomic mass is 9.99. The Bertz CT molecular complexity index is 907. The number of halogens is 2. The molecule has 3 fully saturated rings. The molecule has 3 aliphatic rings. The normalized spacial score (nSPS) is 38.8. The molecule has 5 atom stereocenters. The molecular formula is C18H19ClIN3O2. The number of allylic oxidation sites excluding steroid dienone is 1. The fourth-order valence-corrected chi connectivity index (χ4v) is 5.69. The third-order valence-electron chi connectivity index (χ3n) is 5.76. The minimum absolute atomic E-state index is 0.0186. The first kappa shape index (κ1) is 16.5. The molecule has 0 bridgehead atoms. The van der Waals surface area contributed by atoms with Crippen LogP contribution in [0.25, 0.3) is 11.0 Å². The van der Waals surface area contributed by atoms with Crippen LogP contribution in [0, 0.1) is 11.3 Å². The van der Waals surface area contributed by atoms with Crippen LogP contribution >= 0.6 is 34.2 Å². The smallest absolute Gasteiger partial charge is 0.163 e. The molecule has 132 valence electrons. The van der Waals surface area contributed by atoms with Gasteiger partial charge in [-0.25, -0.2) is 9.97 Å². The molecule has 1 saturated heterocycles. The molecule has 0 aromatic carbocycles. The van der Waals surface area contributed by atoms with Crippen LogP contribution in [0.5, 0.6) is 0 Å². The highest BCUT2D eigenvalue weighted by Crippen LogP contribution is 2.72. The minimum atomic E-state index is -0.559. The summed E-state index contributed by atoms with van der Waals surface area (Å²) in [5, 5.41) is 1.38. The molecule has 0 unspecified atom stereocenters. The van der Waals surface area contributed by atoms with Crippen molar-refractivity contribution in [1.82, 2.24) is 14.5 Å². The lowest BCUT2D eigenvalue weighted by Gasteiger charge is -2.24. The fraction of sp³-hybridized carbons (Fsp3) is 0.556. The molecule has 0 spiro atoms. The van der Waals surface area contributed by atoms with Crippen molar-refractivity contribution >= 4 is 45.2 Å². The van der Waals surface area contributed by atoms with Gasteiger partial charge in [0.15, 0.2) is 5.79 Å². The van der Waals surface area contributed by atoms with Gasteiger partial charge < -0.3 is 14.0 Å². The third-order valence-corrected chi connectivity index (χ3v) is 6.37. The number of hydrogen-bond acceptors (Lipinski definition) is 4. The minimum Gasteiger partial charge on any atom is -0.344 e. The van der Waals surface area contributed by atoms with Crippen molar-refractivity contribution in [3.63, 3.8) is 0 Å². The molecule has 5 nitrogen and oxygen atoms in total. The maximum atomic E-state index is 6.35. The summed E-state index contributed by atoms with van der Waals surface area (Å²) in [6.07, 6.45) is 7.20. The van der Waals surface area contributed by atoms with E-state index in [1.807, 2.05) is 19.9 Å². The van der Waals surface area contributed by atoms with E-state index >= 15 is 0 Å². The van der Waals surface area contributed by atoms with E-state index < -0.39 is 5.79 Å². The van der Waals surface area contributed by atoms with Gasteiger partial charge in [-0.2, -0.15) is 0 Å². The third kappa shape index (κ3) is 2.27. The predicted octanol–water partition coefficient (Wildman–Crippen LogP) is 4.50. The second-order valence-corrected chi connectivity index (χ2v) is 9.85. The highest BCUT2D eigenvalue weighted by Gasteiger charge is 2.75. The quantitative estimate of drug-likeness (QED) is 0.478. The lowest BCUT2D eigenvalue weighted by molar-refractivity contribution is -0.159. The summed E-state index contributed by atoms with van der Waals surface area (Å²) < 4.78 is 16.2. The predicted molar refractivity (Wildman–Crippen MR) is 104 cm³/mol. The van der Waals surface area contributed by atoms with Gasteiger partial charge in [-0.15, -0.1) is 0 Å². The number of fused-ring (bicyclic) bond motifs is 4. The molecule has 5 rings (SSSR count).